The van der Waals surface area contributed by atoms with E-state index in [2.05, 4.69) is 18.8 Å². The van der Waals surface area contributed by atoms with Crippen LogP contribution in [0.1, 0.15) is 50.8 Å². The van der Waals surface area contributed by atoms with E-state index in [4.69, 9.17) is 8.92 Å². The van der Waals surface area contributed by atoms with Crippen molar-refractivity contribution in [3.05, 3.63) is 66.2 Å². The third-order valence-corrected chi connectivity index (χ3v) is 6.23. The molecule has 0 saturated heterocycles. The van der Waals surface area contributed by atoms with Crippen molar-refractivity contribution in [1.82, 2.24) is 5.32 Å². The van der Waals surface area contributed by atoms with E-state index in [0.717, 1.165) is 24.0 Å². The maximum absolute atomic E-state index is 12.5. The van der Waals surface area contributed by atoms with Crippen molar-refractivity contribution in [2.24, 2.45) is 5.92 Å². The molecule has 0 fully saturated rings. The maximum atomic E-state index is 12.5. The van der Waals surface area contributed by atoms with Crippen LogP contribution in [0, 0.1) is 5.92 Å². The minimum absolute atomic E-state index is 0.0621. The van der Waals surface area contributed by atoms with Gasteiger partial charge in [0.1, 0.15) is 16.7 Å². The summed E-state index contributed by atoms with van der Waals surface area (Å²) >= 11 is 0. The molecule has 2 aromatic rings. The fourth-order valence-corrected chi connectivity index (χ4v) is 4.14. The van der Waals surface area contributed by atoms with E-state index in [9.17, 15) is 13.2 Å². The second-order valence-electron chi connectivity index (χ2n) is 7.63. The summed E-state index contributed by atoms with van der Waals surface area (Å²) in [4.78, 5) is 12.2. The predicted octanol–water partition coefficient (Wildman–Crippen LogP) is 4.73. The number of carbonyl (C=O) groups is 1. The number of methoxy groups -OCH3 is 1. The van der Waals surface area contributed by atoms with E-state index in [0.29, 0.717) is 0 Å². The molecule has 2 aromatic carbocycles. The Labute approximate surface area is 185 Å². The van der Waals surface area contributed by atoms with Crippen LogP contribution in [0.3, 0.4) is 0 Å². The second kappa shape index (κ2) is 11.1. The molecular weight excluding hydrogens is 414 g/mol. The van der Waals surface area contributed by atoms with Gasteiger partial charge in [-0.25, -0.2) is 0 Å². The predicted molar refractivity (Wildman–Crippen MR) is 122 cm³/mol. The monoisotopic (exact) mass is 445 g/mol. The zero-order valence-electron chi connectivity index (χ0n) is 18.5. The highest BCUT2D eigenvalue weighted by Gasteiger charge is 2.26. The van der Waals surface area contributed by atoms with E-state index in [-0.39, 0.29) is 28.6 Å². The molecule has 0 amide bonds. The van der Waals surface area contributed by atoms with Crippen LogP contribution in [0.15, 0.2) is 60.0 Å². The minimum Gasteiger partial charge on any atom is -0.468 e. The second-order valence-corrected chi connectivity index (χ2v) is 9.18. The summed E-state index contributed by atoms with van der Waals surface area (Å²) in [5, 5.41) is 3.38. The van der Waals surface area contributed by atoms with E-state index < -0.39 is 16.2 Å². The maximum Gasteiger partial charge on any atom is 0.339 e. The number of hydrogen-bond acceptors (Lipinski definition) is 6. The Morgan fingerprint density at radius 1 is 1.10 bits per heavy atom. The van der Waals surface area contributed by atoms with E-state index in [1.165, 1.54) is 19.2 Å². The number of ether oxygens (including phenoxy) is 1. The van der Waals surface area contributed by atoms with Crippen molar-refractivity contribution in [2.45, 2.75) is 50.6 Å². The van der Waals surface area contributed by atoms with Crippen molar-refractivity contribution in [3.63, 3.8) is 0 Å². The summed E-state index contributed by atoms with van der Waals surface area (Å²) in [6.07, 6.45) is 3.37. The largest absolute Gasteiger partial charge is 0.468 e. The molecular formula is C24H31NO5S. The first-order valence-electron chi connectivity index (χ1n) is 10.3. The highest BCUT2D eigenvalue weighted by Crippen LogP contribution is 2.25. The van der Waals surface area contributed by atoms with Crippen LogP contribution in [-0.4, -0.2) is 27.5 Å². The van der Waals surface area contributed by atoms with Crippen LogP contribution >= 0.6 is 0 Å². The van der Waals surface area contributed by atoms with Gasteiger partial charge in [0.25, 0.3) is 0 Å². The van der Waals surface area contributed by atoms with Crippen molar-refractivity contribution in [3.8, 4) is 5.75 Å². The van der Waals surface area contributed by atoms with E-state index >= 15 is 0 Å². The van der Waals surface area contributed by atoms with E-state index in [1.54, 1.807) is 30.3 Å². The molecule has 0 spiro atoms. The number of rotatable bonds is 11. The topological polar surface area (TPSA) is 81.7 Å². The number of carbonyl (C=O) groups excluding carboxylic acids is 1. The summed E-state index contributed by atoms with van der Waals surface area (Å²) in [5.41, 5.74) is 1.76. The Kier molecular flexibility index (Phi) is 8.83. The molecule has 31 heavy (non-hydrogen) atoms. The van der Waals surface area contributed by atoms with Crippen LogP contribution in [0.4, 0.5) is 0 Å². The molecule has 0 bridgehead atoms. The van der Waals surface area contributed by atoms with Gasteiger partial charge >= 0.3 is 16.1 Å². The zero-order valence-corrected chi connectivity index (χ0v) is 19.3. The summed E-state index contributed by atoms with van der Waals surface area (Å²) in [5.74, 6) is -0.0168. The van der Waals surface area contributed by atoms with Crippen molar-refractivity contribution >= 4 is 22.2 Å². The highest BCUT2D eigenvalue weighted by atomic mass is 32.2. The van der Waals surface area contributed by atoms with Gasteiger partial charge in [0.05, 0.1) is 7.11 Å². The molecule has 168 valence electrons. The zero-order chi connectivity index (χ0) is 23.0. The van der Waals surface area contributed by atoms with Crippen LogP contribution in [0.2, 0.25) is 0 Å². The van der Waals surface area contributed by atoms with Crippen molar-refractivity contribution in [1.29, 1.82) is 0 Å². The van der Waals surface area contributed by atoms with Gasteiger partial charge in [0, 0.05) is 6.04 Å². The molecule has 0 aromatic heterocycles. The van der Waals surface area contributed by atoms with Gasteiger partial charge in [-0.15, -0.1) is 0 Å². The number of hydrogen-bond donors (Lipinski definition) is 1. The number of esters is 1. The average Bonchev–Trinajstić information content (AvgIpc) is 2.76. The summed E-state index contributed by atoms with van der Waals surface area (Å²) < 4.78 is 35.3. The lowest BCUT2D eigenvalue weighted by molar-refractivity contribution is -0.144. The third kappa shape index (κ3) is 6.67. The Morgan fingerprint density at radius 2 is 1.71 bits per heavy atom. The Bertz CT molecular complexity index is 966. The summed E-state index contributed by atoms with van der Waals surface area (Å²) in [6.45, 7) is 9.64. The lowest BCUT2D eigenvalue weighted by Crippen LogP contribution is -2.43. The van der Waals surface area contributed by atoms with Gasteiger partial charge in [-0.2, -0.15) is 8.42 Å². The van der Waals surface area contributed by atoms with Crippen LogP contribution < -0.4 is 9.50 Å². The molecule has 1 unspecified atom stereocenters. The van der Waals surface area contributed by atoms with Gasteiger partial charge in [-0.3, -0.25) is 10.1 Å². The Balaban J connectivity index is 2.18. The van der Waals surface area contributed by atoms with Crippen LogP contribution in [-0.2, 0) is 19.6 Å². The number of nitrogens with one attached hydrogen (secondary N) is 1. The SMILES string of the molecule is C=Cc1ccc(S(=O)(=O)Oc2ccc([C@H](CCC)NC(C(=O)OC)C(C)C)cc2)cc1. The average molecular weight is 446 g/mol. The lowest BCUT2D eigenvalue weighted by Gasteiger charge is -2.27. The molecule has 0 radical (unpaired) electrons. The van der Waals surface area contributed by atoms with Crippen LogP contribution in [0.25, 0.3) is 6.08 Å². The van der Waals surface area contributed by atoms with Gasteiger partial charge < -0.3 is 8.92 Å². The molecule has 6 nitrogen and oxygen atoms in total. The highest BCUT2D eigenvalue weighted by molar-refractivity contribution is 7.87. The first kappa shape index (κ1) is 24.6. The fourth-order valence-electron chi connectivity index (χ4n) is 3.21. The molecule has 7 heteroatoms. The Morgan fingerprint density at radius 3 is 2.19 bits per heavy atom. The molecule has 0 saturated carbocycles. The smallest absolute Gasteiger partial charge is 0.339 e. The molecule has 2 atom stereocenters. The standard InChI is InChI=1S/C24H31NO5S/c1-6-8-22(25-23(17(3)4)24(26)29-5)19-11-13-20(14-12-19)30-31(27,28)21-15-9-18(7-2)10-16-21/h7,9-17,22-23,25H,2,6,8H2,1,3-5H3/t22-,23?/m0/s1. The van der Waals surface area contributed by atoms with Gasteiger partial charge in [0.2, 0.25) is 0 Å². The first-order valence-corrected chi connectivity index (χ1v) is 11.7. The fraction of sp³-hybridized carbons (Fsp3) is 0.375. The summed E-state index contributed by atoms with van der Waals surface area (Å²) in [6, 6.07) is 12.7. The van der Waals surface area contributed by atoms with Gasteiger partial charge in [0.15, 0.2) is 0 Å². The quantitative estimate of drug-likeness (QED) is 0.398. The molecule has 0 aliphatic carbocycles. The van der Waals surface area contributed by atoms with E-state index in [1.807, 2.05) is 26.0 Å². The Hall–Kier alpha value is -2.64. The first-order chi connectivity index (χ1) is 14.7. The van der Waals surface area contributed by atoms with Gasteiger partial charge in [-0.05, 0) is 47.7 Å². The van der Waals surface area contributed by atoms with Crippen molar-refractivity contribution in [2.75, 3.05) is 7.11 Å². The minimum atomic E-state index is -3.94. The van der Waals surface area contributed by atoms with Crippen molar-refractivity contribution < 1.29 is 22.1 Å². The molecule has 0 aliphatic rings. The van der Waals surface area contributed by atoms with Gasteiger partial charge in [-0.1, -0.05) is 64.1 Å². The molecule has 1 N–H and O–H groups in total. The molecule has 0 aliphatic heterocycles. The number of benzene rings is 2. The van der Waals surface area contributed by atoms with Crippen LogP contribution in [0.5, 0.6) is 5.75 Å². The molecule has 0 heterocycles. The summed E-state index contributed by atoms with van der Waals surface area (Å²) in [7, 11) is -2.56. The lowest BCUT2D eigenvalue weighted by atomic mass is 9.97. The third-order valence-electron chi connectivity index (χ3n) is 4.97. The molecule has 2 rings (SSSR count). The normalized spacial score (nSPS) is 13.5.